The maximum absolute atomic E-state index is 13.1. The Hall–Kier alpha value is -2.89. The number of carbonyl (C=O) groups excluding carboxylic acids is 2. The van der Waals surface area contributed by atoms with Gasteiger partial charge in [0, 0.05) is 18.3 Å². The summed E-state index contributed by atoms with van der Waals surface area (Å²) in [6, 6.07) is 10.1. The molecule has 6 nitrogen and oxygen atoms in total. The van der Waals surface area contributed by atoms with Crippen molar-refractivity contribution in [3.8, 4) is 5.88 Å². The average Bonchev–Trinajstić information content (AvgIpc) is 3.00. The molecular formula is C18H18N2O4. The van der Waals surface area contributed by atoms with E-state index in [2.05, 4.69) is 4.98 Å². The van der Waals surface area contributed by atoms with Crippen LogP contribution in [0.4, 0.5) is 5.69 Å². The van der Waals surface area contributed by atoms with E-state index in [0.29, 0.717) is 24.3 Å². The number of nitrogens with zero attached hydrogens (tertiary/aromatic N) is 2. The van der Waals surface area contributed by atoms with Crippen LogP contribution in [0.15, 0.2) is 42.6 Å². The van der Waals surface area contributed by atoms with Crippen molar-refractivity contribution in [1.29, 1.82) is 0 Å². The highest BCUT2D eigenvalue weighted by atomic mass is 16.5. The van der Waals surface area contributed by atoms with Crippen LogP contribution < -0.4 is 9.64 Å². The van der Waals surface area contributed by atoms with Gasteiger partial charge in [-0.25, -0.2) is 9.78 Å². The fourth-order valence-electron chi connectivity index (χ4n) is 2.90. The van der Waals surface area contributed by atoms with Crippen LogP contribution in [0.3, 0.4) is 0 Å². The van der Waals surface area contributed by atoms with Gasteiger partial charge in [0.1, 0.15) is 11.6 Å². The molecule has 0 saturated carbocycles. The number of para-hydroxylation sites is 1. The summed E-state index contributed by atoms with van der Waals surface area (Å²) in [6.45, 7) is 2.22. The molecule has 3 rings (SSSR count). The number of hydrogen-bond acceptors (Lipinski definition) is 5. The second kappa shape index (κ2) is 6.70. The van der Waals surface area contributed by atoms with Gasteiger partial charge in [-0.15, -0.1) is 0 Å². The number of anilines is 1. The van der Waals surface area contributed by atoms with E-state index in [9.17, 15) is 9.59 Å². The summed E-state index contributed by atoms with van der Waals surface area (Å²) in [5.74, 6) is -0.508. The molecule has 6 heteroatoms. The zero-order chi connectivity index (χ0) is 17.1. The summed E-state index contributed by atoms with van der Waals surface area (Å²) in [7, 11) is 1.32. The average molecular weight is 326 g/mol. The Labute approximate surface area is 140 Å². The summed E-state index contributed by atoms with van der Waals surface area (Å²) in [6.07, 6.45) is 2.00. The number of pyridine rings is 1. The summed E-state index contributed by atoms with van der Waals surface area (Å²) >= 11 is 0. The van der Waals surface area contributed by atoms with Gasteiger partial charge < -0.3 is 9.47 Å². The zero-order valence-corrected chi connectivity index (χ0v) is 13.6. The third-order valence-corrected chi connectivity index (χ3v) is 3.95. The number of rotatable bonds is 4. The second-order valence-corrected chi connectivity index (χ2v) is 5.34. The molecule has 1 aromatic heterocycles. The van der Waals surface area contributed by atoms with Crippen LogP contribution in [0.1, 0.15) is 22.8 Å². The van der Waals surface area contributed by atoms with E-state index in [0.717, 1.165) is 5.56 Å². The monoisotopic (exact) mass is 326 g/mol. The minimum absolute atomic E-state index is 0.262. The van der Waals surface area contributed by atoms with E-state index < -0.39 is 12.0 Å². The Morgan fingerprint density at radius 2 is 2.04 bits per heavy atom. The van der Waals surface area contributed by atoms with Crippen molar-refractivity contribution in [2.45, 2.75) is 19.4 Å². The minimum Gasteiger partial charge on any atom is -0.477 e. The molecule has 0 bridgehead atoms. The van der Waals surface area contributed by atoms with E-state index in [1.165, 1.54) is 12.0 Å². The molecule has 124 valence electrons. The molecule has 2 aromatic rings. The summed E-state index contributed by atoms with van der Waals surface area (Å²) in [5, 5.41) is 0. The fourth-order valence-corrected chi connectivity index (χ4v) is 2.90. The number of ether oxygens (including phenoxy) is 2. The first-order chi connectivity index (χ1) is 11.7. The molecule has 0 radical (unpaired) electrons. The van der Waals surface area contributed by atoms with Crippen LogP contribution in [0.2, 0.25) is 0 Å². The van der Waals surface area contributed by atoms with Gasteiger partial charge in [-0.05, 0) is 30.7 Å². The zero-order valence-electron chi connectivity index (χ0n) is 13.6. The summed E-state index contributed by atoms with van der Waals surface area (Å²) in [4.78, 5) is 30.9. The minimum atomic E-state index is -0.686. The van der Waals surface area contributed by atoms with E-state index >= 15 is 0 Å². The molecule has 0 spiro atoms. The first kappa shape index (κ1) is 16.0. The number of benzene rings is 1. The fraction of sp³-hybridized carbons (Fsp3) is 0.278. The van der Waals surface area contributed by atoms with Crippen LogP contribution in [-0.2, 0) is 16.0 Å². The van der Waals surface area contributed by atoms with Gasteiger partial charge in [0.25, 0.3) is 5.91 Å². The van der Waals surface area contributed by atoms with Crippen molar-refractivity contribution < 1.29 is 19.1 Å². The third-order valence-electron chi connectivity index (χ3n) is 3.95. The highest BCUT2D eigenvalue weighted by Crippen LogP contribution is 2.34. The normalized spacial score (nSPS) is 15.8. The highest BCUT2D eigenvalue weighted by Gasteiger charge is 2.40. The predicted octanol–water partition coefficient (Wildman–Crippen LogP) is 2.22. The Morgan fingerprint density at radius 1 is 1.25 bits per heavy atom. The molecule has 1 aliphatic rings. The standard InChI is InChI=1S/C18H18N2O4/c1-3-24-16-13(8-6-10-19-16)17(21)20-14-9-5-4-7-12(14)11-15(20)18(22)23-2/h4-10,15H,3,11H2,1-2H3. The summed E-state index contributed by atoms with van der Waals surface area (Å²) < 4.78 is 10.3. The van der Waals surface area contributed by atoms with Gasteiger partial charge in [-0.1, -0.05) is 18.2 Å². The Bertz CT molecular complexity index is 775. The molecule has 0 saturated heterocycles. The molecule has 0 fully saturated rings. The lowest BCUT2D eigenvalue weighted by Crippen LogP contribution is -2.43. The predicted molar refractivity (Wildman–Crippen MR) is 88.2 cm³/mol. The number of fused-ring (bicyclic) bond motifs is 1. The van der Waals surface area contributed by atoms with Gasteiger partial charge >= 0.3 is 5.97 Å². The van der Waals surface area contributed by atoms with Gasteiger partial charge in [0.05, 0.1) is 13.7 Å². The van der Waals surface area contributed by atoms with E-state index in [1.54, 1.807) is 18.3 Å². The summed E-state index contributed by atoms with van der Waals surface area (Å²) in [5.41, 5.74) is 1.97. The number of aromatic nitrogens is 1. The third kappa shape index (κ3) is 2.71. The molecule has 1 amide bonds. The molecule has 0 N–H and O–H groups in total. The molecule has 24 heavy (non-hydrogen) atoms. The lowest BCUT2D eigenvalue weighted by atomic mass is 10.1. The molecule has 1 atom stereocenters. The molecule has 1 aromatic carbocycles. The van der Waals surface area contributed by atoms with Crippen LogP contribution in [-0.4, -0.2) is 36.6 Å². The van der Waals surface area contributed by atoms with Crippen LogP contribution in [0, 0.1) is 0 Å². The molecule has 2 heterocycles. The van der Waals surface area contributed by atoms with Crippen molar-refractivity contribution in [2.24, 2.45) is 0 Å². The van der Waals surface area contributed by atoms with Gasteiger partial charge in [-0.3, -0.25) is 9.69 Å². The second-order valence-electron chi connectivity index (χ2n) is 5.34. The van der Waals surface area contributed by atoms with Crippen molar-refractivity contribution >= 4 is 17.6 Å². The van der Waals surface area contributed by atoms with Gasteiger partial charge in [0.15, 0.2) is 0 Å². The smallest absolute Gasteiger partial charge is 0.329 e. The Kier molecular flexibility index (Phi) is 4.46. The lowest BCUT2D eigenvalue weighted by molar-refractivity contribution is -0.141. The Balaban J connectivity index is 2.04. The van der Waals surface area contributed by atoms with Crippen LogP contribution >= 0.6 is 0 Å². The lowest BCUT2D eigenvalue weighted by Gasteiger charge is -2.24. The first-order valence-corrected chi connectivity index (χ1v) is 7.74. The molecule has 0 aliphatic carbocycles. The van der Waals surface area contributed by atoms with Crippen molar-refractivity contribution in [3.05, 3.63) is 53.7 Å². The highest BCUT2D eigenvalue weighted by molar-refractivity contribution is 6.12. The van der Waals surface area contributed by atoms with E-state index in [-0.39, 0.29) is 11.8 Å². The number of hydrogen-bond donors (Lipinski definition) is 0. The molecule has 1 unspecified atom stereocenters. The maximum Gasteiger partial charge on any atom is 0.329 e. The Morgan fingerprint density at radius 3 is 2.79 bits per heavy atom. The molecular weight excluding hydrogens is 308 g/mol. The van der Waals surface area contributed by atoms with Crippen LogP contribution in [0.5, 0.6) is 5.88 Å². The number of esters is 1. The van der Waals surface area contributed by atoms with Crippen molar-refractivity contribution in [2.75, 3.05) is 18.6 Å². The quantitative estimate of drug-likeness (QED) is 0.806. The van der Waals surface area contributed by atoms with Crippen LogP contribution in [0.25, 0.3) is 0 Å². The van der Waals surface area contributed by atoms with Crippen molar-refractivity contribution in [1.82, 2.24) is 4.98 Å². The molecule has 1 aliphatic heterocycles. The van der Waals surface area contributed by atoms with E-state index in [1.807, 2.05) is 31.2 Å². The first-order valence-electron chi connectivity index (χ1n) is 7.74. The van der Waals surface area contributed by atoms with Crippen molar-refractivity contribution in [3.63, 3.8) is 0 Å². The SMILES string of the molecule is CCOc1ncccc1C(=O)N1c2ccccc2CC1C(=O)OC. The number of methoxy groups -OCH3 is 1. The van der Waals surface area contributed by atoms with E-state index in [4.69, 9.17) is 9.47 Å². The number of carbonyl (C=O) groups is 2. The largest absolute Gasteiger partial charge is 0.477 e. The maximum atomic E-state index is 13.1. The van der Waals surface area contributed by atoms with Gasteiger partial charge in [0.2, 0.25) is 5.88 Å². The number of amides is 1. The topological polar surface area (TPSA) is 68.7 Å². The van der Waals surface area contributed by atoms with Gasteiger partial charge in [-0.2, -0.15) is 0 Å².